The number of amides is 1. The molecule has 21 heavy (non-hydrogen) atoms. The number of aliphatic hydroxyl groups excluding tert-OH is 1. The van der Waals surface area contributed by atoms with Crippen molar-refractivity contribution in [2.24, 2.45) is 5.92 Å². The van der Waals surface area contributed by atoms with Gasteiger partial charge in [-0.1, -0.05) is 24.3 Å². The summed E-state index contributed by atoms with van der Waals surface area (Å²) in [6.07, 6.45) is 6.04. The van der Waals surface area contributed by atoms with Crippen LogP contribution in [0.3, 0.4) is 0 Å². The second kappa shape index (κ2) is 5.88. The molecule has 1 aliphatic rings. The zero-order valence-corrected chi connectivity index (χ0v) is 11.4. The van der Waals surface area contributed by atoms with Crippen LogP contribution in [0.2, 0.25) is 0 Å². The van der Waals surface area contributed by atoms with Crippen LogP contribution < -0.4 is 5.32 Å². The van der Waals surface area contributed by atoms with E-state index in [1.165, 1.54) is 6.33 Å². The Hall–Kier alpha value is -2.47. The molecule has 0 fully saturated rings. The number of H-pyrrole nitrogens is 1. The number of carbonyl (C=O) groups is 1. The third-order valence-electron chi connectivity index (χ3n) is 3.54. The van der Waals surface area contributed by atoms with E-state index in [9.17, 15) is 4.79 Å². The van der Waals surface area contributed by atoms with Crippen molar-refractivity contribution in [1.29, 1.82) is 0 Å². The molecule has 0 spiro atoms. The van der Waals surface area contributed by atoms with E-state index in [-0.39, 0.29) is 24.5 Å². The average Bonchev–Trinajstić information content (AvgIpc) is 3.18. The number of aromatic amines is 1. The SMILES string of the molecule is O=C(N[C@@H]1C=C[C@H](CO)C1)c1cccc(-c2ncn[nH]2)c1. The molecule has 6 heteroatoms. The Kier molecular flexibility index (Phi) is 3.79. The molecule has 1 aliphatic carbocycles. The molecule has 3 rings (SSSR count). The van der Waals surface area contributed by atoms with Crippen LogP contribution in [-0.2, 0) is 0 Å². The lowest BCUT2D eigenvalue weighted by atomic mass is 10.1. The lowest BCUT2D eigenvalue weighted by Crippen LogP contribution is -2.32. The molecule has 2 aromatic rings. The second-order valence-electron chi connectivity index (χ2n) is 5.06. The summed E-state index contributed by atoms with van der Waals surface area (Å²) < 4.78 is 0. The van der Waals surface area contributed by atoms with Gasteiger partial charge in [-0.3, -0.25) is 9.89 Å². The Labute approximate surface area is 121 Å². The van der Waals surface area contributed by atoms with E-state index in [1.54, 1.807) is 12.1 Å². The topological polar surface area (TPSA) is 90.9 Å². The maximum absolute atomic E-state index is 12.3. The van der Waals surface area contributed by atoms with Crippen LogP contribution in [0, 0.1) is 5.92 Å². The van der Waals surface area contributed by atoms with Gasteiger partial charge in [0.2, 0.25) is 0 Å². The minimum Gasteiger partial charge on any atom is -0.396 e. The zero-order chi connectivity index (χ0) is 14.7. The zero-order valence-electron chi connectivity index (χ0n) is 11.4. The third kappa shape index (κ3) is 3.00. The normalized spacial score (nSPS) is 20.6. The first-order valence-corrected chi connectivity index (χ1v) is 6.82. The van der Waals surface area contributed by atoms with Crippen LogP contribution in [0.25, 0.3) is 11.4 Å². The van der Waals surface area contributed by atoms with Crippen molar-refractivity contribution in [3.63, 3.8) is 0 Å². The third-order valence-corrected chi connectivity index (χ3v) is 3.54. The van der Waals surface area contributed by atoms with E-state index < -0.39 is 0 Å². The largest absolute Gasteiger partial charge is 0.396 e. The summed E-state index contributed by atoms with van der Waals surface area (Å²) >= 11 is 0. The number of hydrogen-bond donors (Lipinski definition) is 3. The standard InChI is InChI=1S/C15H16N4O2/c20-8-10-4-5-13(6-10)18-15(21)12-3-1-2-11(7-12)14-16-9-17-19-14/h1-5,7,9-10,13,20H,6,8H2,(H,18,21)(H,16,17,19)/t10-,13+/m0/s1. The predicted octanol–water partition coefficient (Wildman–Crippen LogP) is 1.14. The van der Waals surface area contributed by atoms with E-state index in [1.807, 2.05) is 24.3 Å². The first kappa shape index (κ1) is 13.5. The van der Waals surface area contributed by atoms with Gasteiger partial charge in [-0.25, -0.2) is 4.98 Å². The highest BCUT2D eigenvalue weighted by molar-refractivity contribution is 5.95. The molecule has 6 nitrogen and oxygen atoms in total. The molecule has 1 aromatic carbocycles. The molecule has 1 amide bonds. The van der Waals surface area contributed by atoms with Crippen LogP contribution in [0.1, 0.15) is 16.8 Å². The number of rotatable bonds is 4. The lowest BCUT2D eigenvalue weighted by Gasteiger charge is -2.13. The molecule has 0 bridgehead atoms. The van der Waals surface area contributed by atoms with E-state index in [0.717, 1.165) is 12.0 Å². The quantitative estimate of drug-likeness (QED) is 0.734. The Bertz CT molecular complexity index is 651. The van der Waals surface area contributed by atoms with Gasteiger partial charge in [-0.2, -0.15) is 5.10 Å². The minimum absolute atomic E-state index is 0.0245. The molecular formula is C15H16N4O2. The summed E-state index contributed by atoms with van der Waals surface area (Å²) in [7, 11) is 0. The van der Waals surface area contributed by atoms with Crippen LogP contribution in [-0.4, -0.2) is 38.8 Å². The predicted molar refractivity (Wildman–Crippen MR) is 77.4 cm³/mol. The Morgan fingerprint density at radius 2 is 2.33 bits per heavy atom. The molecular weight excluding hydrogens is 268 g/mol. The van der Waals surface area contributed by atoms with Gasteiger partial charge in [0.25, 0.3) is 5.91 Å². The van der Waals surface area contributed by atoms with Crippen LogP contribution >= 0.6 is 0 Å². The lowest BCUT2D eigenvalue weighted by molar-refractivity contribution is 0.0941. The number of nitrogens with zero attached hydrogens (tertiary/aromatic N) is 2. The van der Waals surface area contributed by atoms with Crippen molar-refractivity contribution in [3.8, 4) is 11.4 Å². The second-order valence-corrected chi connectivity index (χ2v) is 5.06. The van der Waals surface area contributed by atoms with Crippen molar-refractivity contribution in [2.75, 3.05) is 6.61 Å². The molecule has 0 aliphatic heterocycles. The molecule has 3 N–H and O–H groups in total. The summed E-state index contributed by atoms with van der Waals surface area (Å²) in [5.74, 6) is 0.631. The first-order valence-electron chi connectivity index (χ1n) is 6.82. The Morgan fingerprint density at radius 1 is 1.43 bits per heavy atom. The Balaban J connectivity index is 1.71. The summed E-state index contributed by atoms with van der Waals surface area (Å²) in [6.45, 7) is 0.115. The van der Waals surface area contributed by atoms with Crippen LogP contribution in [0.15, 0.2) is 42.7 Å². The van der Waals surface area contributed by atoms with Gasteiger partial charge in [0.05, 0.1) is 0 Å². The molecule has 2 atom stereocenters. The summed E-state index contributed by atoms with van der Waals surface area (Å²) in [4.78, 5) is 16.3. The fraction of sp³-hybridized carbons (Fsp3) is 0.267. The van der Waals surface area contributed by atoms with Crippen molar-refractivity contribution in [3.05, 3.63) is 48.3 Å². The highest BCUT2D eigenvalue weighted by Crippen LogP contribution is 2.19. The average molecular weight is 284 g/mol. The first-order chi connectivity index (χ1) is 10.3. The van der Waals surface area contributed by atoms with Gasteiger partial charge in [-0.15, -0.1) is 0 Å². The molecule has 0 saturated heterocycles. The molecule has 108 valence electrons. The highest BCUT2D eigenvalue weighted by atomic mass is 16.3. The van der Waals surface area contributed by atoms with Gasteiger partial charge < -0.3 is 10.4 Å². The maximum Gasteiger partial charge on any atom is 0.251 e. The van der Waals surface area contributed by atoms with E-state index in [0.29, 0.717) is 11.4 Å². The summed E-state index contributed by atoms with van der Waals surface area (Å²) in [5.41, 5.74) is 1.39. The van der Waals surface area contributed by atoms with Gasteiger partial charge >= 0.3 is 0 Å². The molecule has 1 aromatic heterocycles. The number of benzene rings is 1. The number of aliphatic hydroxyl groups is 1. The van der Waals surface area contributed by atoms with Gasteiger partial charge in [0.15, 0.2) is 5.82 Å². The maximum atomic E-state index is 12.3. The number of hydrogen-bond acceptors (Lipinski definition) is 4. The number of aromatic nitrogens is 3. The fourth-order valence-corrected chi connectivity index (χ4v) is 2.42. The van der Waals surface area contributed by atoms with Gasteiger partial charge in [0.1, 0.15) is 6.33 Å². The number of carbonyl (C=O) groups excluding carboxylic acids is 1. The molecule has 0 radical (unpaired) electrons. The minimum atomic E-state index is -0.135. The van der Waals surface area contributed by atoms with Gasteiger partial charge in [0, 0.05) is 29.7 Å². The van der Waals surface area contributed by atoms with E-state index in [4.69, 9.17) is 5.11 Å². The van der Waals surface area contributed by atoms with Crippen LogP contribution in [0.4, 0.5) is 0 Å². The summed E-state index contributed by atoms with van der Waals surface area (Å²) in [6, 6.07) is 7.20. The molecule has 0 saturated carbocycles. The monoisotopic (exact) mass is 284 g/mol. The summed E-state index contributed by atoms with van der Waals surface area (Å²) in [5, 5.41) is 18.6. The van der Waals surface area contributed by atoms with Gasteiger partial charge in [-0.05, 0) is 18.6 Å². The molecule has 1 heterocycles. The smallest absolute Gasteiger partial charge is 0.251 e. The van der Waals surface area contributed by atoms with E-state index in [2.05, 4.69) is 20.5 Å². The van der Waals surface area contributed by atoms with Crippen molar-refractivity contribution in [2.45, 2.75) is 12.5 Å². The van der Waals surface area contributed by atoms with Crippen molar-refractivity contribution < 1.29 is 9.90 Å². The van der Waals surface area contributed by atoms with E-state index >= 15 is 0 Å². The van der Waals surface area contributed by atoms with Crippen LogP contribution in [0.5, 0.6) is 0 Å². The van der Waals surface area contributed by atoms with Crippen molar-refractivity contribution in [1.82, 2.24) is 20.5 Å². The highest BCUT2D eigenvalue weighted by Gasteiger charge is 2.20. The number of nitrogens with one attached hydrogen (secondary N) is 2. The fourth-order valence-electron chi connectivity index (χ4n) is 2.42. The molecule has 0 unspecified atom stereocenters. The Morgan fingerprint density at radius 3 is 3.05 bits per heavy atom. The van der Waals surface area contributed by atoms with Crippen molar-refractivity contribution >= 4 is 5.91 Å².